The highest BCUT2D eigenvalue weighted by Crippen LogP contribution is 2.34. The molecule has 0 aliphatic rings. The van der Waals surface area contributed by atoms with Crippen LogP contribution in [-0.2, 0) is 0 Å². The van der Waals surface area contributed by atoms with Crippen molar-refractivity contribution in [1.82, 2.24) is 9.55 Å². The Hall–Kier alpha value is -1.42. The summed E-state index contributed by atoms with van der Waals surface area (Å²) < 4.78 is 1.71. The average Bonchev–Trinajstić information content (AvgIpc) is 2.71. The van der Waals surface area contributed by atoms with Gasteiger partial charge in [-0.15, -0.1) is 0 Å². The molecule has 6 heteroatoms. The molecule has 3 rings (SSSR count). The van der Waals surface area contributed by atoms with E-state index >= 15 is 0 Å². The van der Waals surface area contributed by atoms with Crippen molar-refractivity contribution in [2.45, 2.75) is 6.92 Å². The van der Waals surface area contributed by atoms with Gasteiger partial charge in [-0.25, -0.2) is 4.98 Å². The molecule has 0 saturated heterocycles. The predicted molar refractivity (Wildman–Crippen MR) is 85.2 cm³/mol. The number of aromatic nitrogens is 2. The summed E-state index contributed by atoms with van der Waals surface area (Å²) in [6.45, 7) is 1.89. The largest absolute Gasteiger partial charge is 0.369 e. The molecule has 0 spiro atoms. The second-order valence-corrected chi connectivity index (χ2v) is 5.69. The van der Waals surface area contributed by atoms with E-state index in [0.29, 0.717) is 37.7 Å². The molecule has 2 N–H and O–H groups in total. The van der Waals surface area contributed by atoms with Crippen molar-refractivity contribution in [3.63, 3.8) is 0 Å². The SMILES string of the molecule is Cc1cc(Cl)c(-n2c(N)nc3cccc(Cl)c32)cc1Cl. The first-order valence-electron chi connectivity index (χ1n) is 5.87. The summed E-state index contributed by atoms with van der Waals surface area (Å²) in [6, 6.07) is 9.01. The lowest BCUT2D eigenvalue weighted by atomic mass is 10.2. The van der Waals surface area contributed by atoms with Crippen molar-refractivity contribution >= 4 is 51.8 Å². The highest BCUT2D eigenvalue weighted by Gasteiger charge is 2.16. The Morgan fingerprint density at radius 3 is 2.55 bits per heavy atom. The molecule has 3 nitrogen and oxygen atoms in total. The normalized spacial score (nSPS) is 11.2. The molecule has 0 radical (unpaired) electrons. The first-order chi connectivity index (χ1) is 9.49. The molecule has 0 fully saturated rings. The number of imidazole rings is 1. The third-order valence-electron chi connectivity index (χ3n) is 3.12. The lowest BCUT2D eigenvalue weighted by Gasteiger charge is -2.11. The molecule has 0 amide bonds. The minimum Gasteiger partial charge on any atom is -0.369 e. The summed E-state index contributed by atoms with van der Waals surface area (Å²) in [5.41, 5.74) is 8.99. The van der Waals surface area contributed by atoms with Crippen LogP contribution < -0.4 is 5.73 Å². The van der Waals surface area contributed by atoms with E-state index in [4.69, 9.17) is 40.5 Å². The van der Waals surface area contributed by atoms with Crippen molar-refractivity contribution < 1.29 is 0 Å². The summed E-state index contributed by atoms with van der Waals surface area (Å²) in [7, 11) is 0. The van der Waals surface area contributed by atoms with Crippen LogP contribution in [-0.4, -0.2) is 9.55 Å². The number of nitrogens with two attached hydrogens (primary N) is 1. The lowest BCUT2D eigenvalue weighted by molar-refractivity contribution is 1.11. The van der Waals surface area contributed by atoms with Gasteiger partial charge in [0.05, 0.1) is 26.8 Å². The monoisotopic (exact) mass is 325 g/mol. The number of anilines is 1. The smallest absolute Gasteiger partial charge is 0.206 e. The average molecular weight is 327 g/mol. The quantitative estimate of drug-likeness (QED) is 0.693. The number of halogens is 3. The van der Waals surface area contributed by atoms with Crippen molar-refractivity contribution in [2.75, 3.05) is 5.73 Å². The second kappa shape index (κ2) is 4.85. The second-order valence-electron chi connectivity index (χ2n) is 4.47. The predicted octanol–water partition coefficient (Wildman–Crippen LogP) is 4.88. The summed E-state index contributed by atoms with van der Waals surface area (Å²) >= 11 is 18.7. The van der Waals surface area contributed by atoms with Crippen LogP contribution in [0.25, 0.3) is 16.7 Å². The van der Waals surface area contributed by atoms with Gasteiger partial charge in [-0.2, -0.15) is 0 Å². The van der Waals surface area contributed by atoms with E-state index in [1.165, 1.54) is 0 Å². The molecule has 0 aliphatic heterocycles. The number of nitrogens with zero attached hydrogens (tertiary/aromatic N) is 2. The van der Waals surface area contributed by atoms with Gasteiger partial charge < -0.3 is 5.73 Å². The maximum atomic E-state index is 6.31. The van der Waals surface area contributed by atoms with Crippen LogP contribution in [0.1, 0.15) is 5.56 Å². The highest BCUT2D eigenvalue weighted by molar-refractivity contribution is 6.36. The minimum absolute atomic E-state index is 0.315. The van der Waals surface area contributed by atoms with Crippen molar-refractivity contribution in [3.05, 3.63) is 51.0 Å². The van der Waals surface area contributed by atoms with E-state index in [1.807, 2.05) is 19.1 Å². The number of rotatable bonds is 1. The van der Waals surface area contributed by atoms with Gasteiger partial charge in [-0.05, 0) is 36.8 Å². The van der Waals surface area contributed by atoms with E-state index in [-0.39, 0.29) is 0 Å². The molecule has 102 valence electrons. The number of hydrogen-bond acceptors (Lipinski definition) is 2. The van der Waals surface area contributed by atoms with Gasteiger partial charge in [0, 0.05) is 5.02 Å². The van der Waals surface area contributed by atoms with Crippen molar-refractivity contribution in [2.24, 2.45) is 0 Å². The van der Waals surface area contributed by atoms with Crippen molar-refractivity contribution in [3.8, 4) is 5.69 Å². The molecule has 1 aromatic heterocycles. The molecule has 0 unspecified atom stereocenters. The number of nitrogen functional groups attached to an aromatic ring is 1. The zero-order valence-electron chi connectivity index (χ0n) is 10.5. The molecule has 0 saturated carbocycles. The fourth-order valence-electron chi connectivity index (χ4n) is 2.15. The fraction of sp³-hybridized carbons (Fsp3) is 0.0714. The number of para-hydroxylation sites is 1. The molecule has 2 aromatic carbocycles. The van der Waals surface area contributed by atoms with E-state index in [9.17, 15) is 0 Å². The Morgan fingerprint density at radius 1 is 1.05 bits per heavy atom. The lowest BCUT2D eigenvalue weighted by Crippen LogP contribution is -2.02. The molecular weight excluding hydrogens is 317 g/mol. The molecule has 20 heavy (non-hydrogen) atoms. The van der Waals surface area contributed by atoms with Gasteiger partial charge in [-0.1, -0.05) is 40.9 Å². The maximum Gasteiger partial charge on any atom is 0.206 e. The molecular formula is C14H10Cl3N3. The molecule has 1 heterocycles. The van der Waals surface area contributed by atoms with Crippen LogP contribution in [0.4, 0.5) is 5.95 Å². The van der Waals surface area contributed by atoms with E-state index in [2.05, 4.69) is 4.98 Å². The Bertz CT molecular complexity index is 824. The Balaban J connectivity index is 2.41. The Kier molecular flexibility index (Phi) is 3.28. The first kappa shape index (κ1) is 13.6. The van der Waals surface area contributed by atoms with Gasteiger partial charge in [-0.3, -0.25) is 4.57 Å². The molecule has 0 atom stereocenters. The highest BCUT2D eigenvalue weighted by atomic mass is 35.5. The van der Waals surface area contributed by atoms with Crippen LogP contribution in [0.15, 0.2) is 30.3 Å². The van der Waals surface area contributed by atoms with E-state index in [0.717, 1.165) is 5.56 Å². The van der Waals surface area contributed by atoms with E-state index < -0.39 is 0 Å². The Labute approximate surface area is 130 Å². The van der Waals surface area contributed by atoms with Crippen LogP contribution in [0.3, 0.4) is 0 Å². The van der Waals surface area contributed by atoms with Gasteiger partial charge >= 0.3 is 0 Å². The van der Waals surface area contributed by atoms with E-state index in [1.54, 1.807) is 22.8 Å². The molecule has 0 aliphatic carbocycles. The number of fused-ring (bicyclic) bond motifs is 1. The standard InChI is InChI=1S/C14H10Cl3N3/c1-7-5-10(17)12(6-9(7)16)20-13-8(15)3-2-4-11(13)19-14(20)18/h2-6H,1H3,(H2,18,19). The summed E-state index contributed by atoms with van der Waals surface area (Å²) in [5.74, 6) is 0.315. The number of hydrogen-bond donors (Lipinski definition) is 1. The van der Waals surface area contributed by atoms with Crippen LogP contribution >= 0.6 is 34.8 Å². The minimum atomic E-state index is 0.315. The molecule has 0 bridgehead atoms. The van der Waals surface area contributed by atoms with Gasteiger partial charge in [0.15, 0.2) is 0 Å². The van der Waals surface area contributed by atoms with Crippen molar-refractivity contribution in [1.29, 1.82) is 0 Å². The third-order valence-corrected chi connectivity index (χ3v) is 4.14. The fourth-order valence-corrected chi connectivity index (χ4v) is 2.87. The maximum absolute atomic E-state index is 6.31. The third kappa shape index (κ3) is 2.03. The zero-order valence-corrected chi connectivity index (χ0v) is 12.8. The number of benzene rings is 2. The zero-order chi connectivity index (χ0) is 14.4. The topological polar surface area (TPSA) is 43.8 Å². The van der Waals surface area contributed by atoms with Gasteiger partial charge in [0.2, 0.25) is 5.95 Å². The van der Waals surface area contributed by atoms with Crippen LogP contribution in [0.5, 0.6) is 0 Å². The Morgan fingerprint density at radius 2 is 1.80 bits per heavy atom. The summed E-state index contributed by atoms with van der Waals surface area (Å²) in [6.07, 6.45) is 0. The van der Waals surface area contributed by atoms with Gasteiger partial charge in [0.1, 0.15) is 0 Å². The molecule has 3 aromatic rings. The summed E-state index contributed by atoms with van der Waals surface area (Å²) in [4.78, 5) is 4.30. The van der Waals surface area contributed by atoms with Gasteiger partial charge in [0.25, 0.3) is 0 Å². The first-order valence-corrected chi connectivity index (χ1v) is 7.01. The van der Waals surface area contributed by atoms with Crippen LogP contribution in [0.2, 0.25) is 15.1 Å². The number of aryl methyl sites for hydroxylation is 1. The van der Waals surface area contributed by atoms with Crippen LogP contribution in [0, 0.1) is 6.92 Å². The summed E-state index contributed by atoms with van der Waals surface area (Å²) in [5, 5.41) is 1.70.